The first-order chi connectivity index (χ1) is 1.73. The topological polar surface area (TPSA) is 63.2 Å². The monoisotopic (exact) mass is 187 g/mol. The Labute approximate surface area is 45.6 Å². The van der Waals surface area contributed by atoms with Gasteiger partial charge in [0.2, 0.25) is 0 Å². The van der Waals surface area contributed by atoms with Crippen LogP contribution in [0.3, 0.4) is 0 Å². The second-order valence-corrected chi connectivity index (χ2v) is 0.250. The molecular formula is CIO3-3. The van der Waals surface area contributed by atoms with E-state index in [1.54, 1.807) is 0 Å². The largest absolute Gasteiger partial charge is 1.00 e. The summed E-state index contributed by atoms with van der Waals surface area (Å²) in [6.45, 7) is 0. The number of hydrogen-bond acceptors (Lipinski definition) is 3. The number of carbonyl (C=O) groups is 1. The van der Waals surface area contributed by atoms with Crippen molar-refractivity contribution in [3.05, 3.63) is 0 Å². The average molecular weight is 187 g/mol. The molecule has 0 aromatic heterocycles. The number of carbonyl (C=O) groups excluding carboxylic acids is 1. The number of carboxylic acid groups (broad SMARTS) is 2. The van der Waals surface area contributed by atoms with Gasteiger partial charge < -0.3 is 39.0 Å². The van der Waals surface area contributed by atoms with Gasteiger partial charge in [0.1, 0.15) is 0 Å². The minimum atomic E-state index is -2.33. The molecule has 0 aliphatic carbocycles. The zero-order valence-corrected chi connectivity index (χ0v) is 4.26. The van der Waals surface area contributed by atoms with Crippen LogP contribution in [-0.4, -0.2) is 6.16 Å². The summed E-state index contributed by atoms with van der Waals surface area (Å²) in [5, 5.41) is 16.7. The van der Waals surface area contributed by atoms with Crippen LogP contribution in [0.1, 0.15) is 0 Å². The Morgan fingerprint density at radius 1 is 1.40 bits per heavy atom. The first-order valence-corrected chi connectivity index (χ1v) is 0.612. The van der Waals surface area contributed by atoms with Crippen LogP contribution in [0.2, 0.25) is 0 Å². The highest BCUT2D eigenvalue weighted by Crippen LogP contribution is 1.21. The first-order valence-electron chi connectivity index (χ1n) is 0.612. The molecule has 0 rings (SSSR count). The van der Waals surface area contributed by atoms with Gasteiger partial charge in [0.05, 0.1) is 0 Å². The zero-order chi connectivity index (χ0) is 3.58. The molecule has 3 nitrogen and oxygen atoms in total. The van der Waals surface area contributed by atoms with Gasteiger partial charge in [-0.3, -0.25) is 0 Å². The Kier molecular flexibility index (Phi) is 7.11. The van der Waals surface area contributed by atoms with Crippen LogP contribution < -0.4 is 34.2 Å². The van der Waals surface area contributed by atoms with Gasteiger partial charge in [0.25, 0.3) is 0 Å². The van der Waals surface area contributed by atoms with E-state index in [4.69, 9.17) is 15.0 Å². The molecule has 0 aromatic rings. The Hall–Kier alpha value is 0. The predicted octanol–water partition coefficient (Wildman–Crippen LogP) is -5.44. The van der Waals surface area contributed by atoms with Crippen molar-refractivity contribution in [2.75, 3.05) is 0 Å². The third-order valence-electron chi connectivity index (χ3n) is 0. The lowest BCUT2D eigenvalue weighted by molar-refractivity contribution is -0.415. The van der Waals surface area contributed by atoms with Gasteiger partial charge in [-0.1, -0.05) is 0 Å². The van der Waals surface area contributed by atoms with E-state index >= 15 is 0 Å². The van der Waals surface area contributed by atoms with Crippen molar-refractivity contribution in [2.24, 2.45) is 0 Å². The smallest absolute Gasteiger partial charge is 0.0431 e. The third-order valence-corrected chi connectivity index (χ3v) is 0. The summed E-state index contributed by atoms with van der Waals surface area (Å²) >= 11 is 0. The van der Waals surface area contributed by atoms with E-state index in [0.717, 1.165) is 0 Å². The minimum absolute atomic E-state index is 0. The Morgan fingerprint density at radius 2 is 1.40 bits per heavy atom. The molecule has 0 amide bonds. The highest BCUT2D eigenvalue weighted by molar-refractivity contribution is 5.47. The van der Waals surface area contributed by atoms with Gasteiger partial charge >= 0.3 is 0 Å². The molecule has 0 saturated heterocycles. The van der Waals surface area contributed by atoms with E-state index < -0.39 is 6.16 Å². The molecule has 32 valence electrons. The summed E-state index contributed by atoms with van der Waals surface area (Å²) in [5.74, 6) is 0. The van der Waals surface area contributed by atoms with E-state index in [1.807, 2.05) is 0 Å². The molecule has 0 aromatic carbocycles. The predicted molar refractivity (Wildman–Crippen MR) is 5.40 cm³/mol. The molecule has 0 fully saturated rings. The Morgan fingerprint density at radius 3 is 1.40 bits per heavy atom. The lowest BCUT2D eigenvalue weighted by Gasteiger charge is -1.96. The van der Waals surface area contributed by atoms with Crippen LogP contribution in [0.5, 0.6) is 0 Å². The summed E-state index contributed by atoms with van der Waals surface area (Å²) in [7, 11) is 0. The molecule has 4 heteroatoms. The minimum Gasteiger partial charge on any atom is -1.00 e. The lowest BCUT2D eigenvalue weighted by atomic mass is 11.5. The van der Waals surface area contributed by atoms with Crippen molar-refractivity contribution in [3.8, 4) is 0 Å². The van der Waals surface area contributed by atoms with E-state index in [-0.39, 0.29) is 24.0 Å². The SMILES string of the molecule is O=C([O-])[O-].[I-]. The van der Waals surface area contributed by atoms with E-state index in [0.29, 0.717) is 0 Å². The van der Waals surface area contributed by atoms with Gasteiger partial charge in [0.15, 0.2) is 0 Å². The fraction of sp³-hybridized carbons (Fsp3) is 0. The Bertz CT molecular complexity index is 29.9. The molecule has 0 aliphatic heterocycles. The average Bonchev–Trinajstić information content (AvgIpc) is 0.811. The van der Waals surface area contributed by atoms with Crippen LogP contribution in [-0.2, 0) is 0 Å². The summed E-state index contributed by atoms with van der Waals surface area (Å²) in [6, 6.07) is 0. The van der Waals surface area contributed by atoms with Crippen molar-refractivity contribution in [1.82, 2.24) is 0 Å². The highest BCUT2D eigenvalue weighted by Gasteiger charge is 1.26. The van der Waals surface area contributed by atoms with Crippen LogP contribution in [0.15, 0.2) is 0 Å². The van der Waals surface area contributed by atoms with Gasteiger partial charge in [-0.15, -0.1) is 0 Å². The number of halogens is 1. The highest BCUT2D eigenvalue weighted by atomic mass is 127. The van der Waals surface area contributed by atoms with E-state index in [9.17, 15) is 0 Å². The molecule has 0 atom stereocenters. The fourth-order valence-corrected chi connectivity index (χ4v) is 0. The molecule has 0 saturated carbocycles. The van der Waals surface area contributed by atoms with E-state index in [1.165, 1.54) is 0 Å². The van der Waals surface area contributed by atoms with Crippen molar-refractivity contribution in [3.63, 3.8) is 0 Å². The molecule has 0 heterocycles. The van der Waals surface area contributed by atoms with Crippen molar-refractivity contribution in [2.45, 2.75) is 0 Å². The fourth-order valence-electron chi connectivity index (χ4n) is 0. The van der Waals surface area contributed by atoms with Crippen LogP contribution in [0.4, 0.5) is 4.79 Å². The quantitative estimate of drug-likeness (QED) is 0.355. The molecule has 5 heavy (non-hydrogen) atoms. The molecule has 0 unspecified atom stereocenters. The zero-order valence-electron chi connectivity index (χ0n) is 2.10. The van der Waals surface area contributed by atoms with Crippen molar-refractivity contribution < 1.29 is 39.0 Å². The van der Waals surface area contributed by atoms with Crippen LogP contribution in [0, 0.1) is 0 Å². The van der Waals surface area contributed by atoms with Gasteiger partial charge in [-0.25, -0.2) is 0 Å². The molecule has 0 bridgehead atoms. The summed E-state index contributed by atoms with van der Waals surface area (Å²) < 4.78 is 0. The Balaban J connectivity index is 0. The maximum Gasteiger partial charge on any atom is -0.0431 e. The molecule has 0 radical (unpaired) electrons. The lowest BCUT2D eigenvalue weighted by Crippen LogP contribution is -3.00. The summed E-state index contributed by atoms with van der Waals surface area (Å²) in [4.78, 5) is 8.33. The third kappa shape index (κ3) is 0. The van der Waals surface area contributed by atoms with Crippen LogP contribution >= 0.6 is 0 Å². The summed E-state index contributed by atoms with van der Waals surface area (Å²) in [5.41, 5.74) is 0. The standard InChI is InChI=1S/CH2O3.HI/c2-1(3)4;/h(H2,2,3,4);1H/p-3. The maximum atomic E-state index is 8.33. The van der Waals surface area contributed by atoms with Crippen molar-refractivity contribution in [1.29, 1.82) is 0 Å². The van der Waals surface area contributed by atoms with Crippen molar-refractivity contribution >= 4 is 6.16 Å². The normalized spacial score (nSPS) is 4.80. The molecule has 0 spiro atoms. The summed E-state index contributed by atoms with van der Waals surface area (Å²) in [6.07, 6.45) is -2.33. The van der Waals surface area contributed by atoms with Gasteiger partial charge in [-0.2, -0.15) is 0 Å². The molecule has 0 N–H and O–H groups in total. The van der Waals surface area contributed by atoms with Gasteiger partial charge in [0, 0.05) is 0 Å². The van der Waals surface area contributed by atoms with E-state index in [2.05, 4.69) is 0 Å². The van der Waals surface area contributed by atoms with Gasteiger partial charge in [-0.05, 0) is 6.16 Å². The number of hydrogen-bond donors (Lipinski definition) is 0. The number of rotatable bonds is 0. The molecular weight excluding hydrogens is 187 g/mol. The second-order valence-electron chi connectivity index (χ2n) is 0.250. The maximum absolute atomic E-state index is 8.33. The molecule has 0 aliphatic rings. The first kappa shape index (κ1) is 8.89. The second kappa shape index (κ2) is 4.00. The van der Waals surface area contributed by atoms with Crippen LogP contribution in [0.25, 0.3) is 0 Å².